The Morgan fingerprint density at radius 3 is 2.85 bits per heavy atom. The van der Waals surface area contributed by atoms with Gasteiger partial charge in [-0.1, -0.05) is 12.1 Å². The molecule has 0 saturated carbocycles. The van der Waals surface area contributed by atoms with Crippen molar-refractivity contribution in [3.8, 4) is 17.1 Å². The lowest BCUT2D eigenvalue weighted by Gasteiger charge is -2.09. The molecule has 1 amide bonds. The van der Waals surface area contributed by atoms with E-state index in [2.05, 4.69) is 30.2 Å². The predicted octanol–water partition coefficient (Wildman–Crippen LogP) is 3.79. The van der Waals surface area contributed by atoms with Gasteiger partial charge in [0.15, 0.2) is 29.4 Å². The molecule has 0 aliphatic heterocycles. The molecule has 0 aliphatic carbocycles. The maximum Gasteiger partial charge on any atom is 0.573 e. The van der Waals surface area contributed by atoms with Gasteiger partial charge in [0.1, 0.15) is 23.0 Å². The van der Waals surface area contributed by atoms with Gasteiger partial charge in [-0.25, -0.2) is 9.97 Å². The van der Waals surface area contributed by atoms with E-state index in [-0.39, 0.29) is 35.2 Å². The van der Waals surface area contributed by atoms with Gasteiger partial charge in [-0.05, 0) is 12.1 Å². The summed E-state index contributed by atoms with van der Waals surface area (Å²) in [6.07, 6.45) is -2.57. The fraction of sp³-hybridized carbons (Fsp3) is 0.158. The highest BCUT2D eigenvalue weighted by Gasteiger charge is 2.31. The number of Topliss-reactive ketones (excluding diaryl/α,β-unsaturated/α-hetero) is 1. The minimum atomic E-state index is -4.86. The number of nitrogens with one attached hydrogen (secondary N) is 1. The largest absolute Gasteiger partial charge is 0.573 e. The Balaban J connectivity index is 1.47. The first kappa shape index (κ1) is 22.1. The van der Waals surface area contributed by atoms with Crippen LogP contribution in [0, 0.1) is 0 Å². The van der Waals surface area contributed by atoms with Crippen molar-refractivity contribution in [2.45, 2.75) is 19.8 Å². The van der Waals surface area contributed by atoms with E-state index in [9.17, 15) is 22.8 Å². The zero-order chi connectivity index (χ0) is 23.6. The molecule has 33 heavy (non-hydrogen) atoms. The molecule has 0 bridgehead atoms. The van der Waals surface area contributed by atoms with Gasteiger partial charge in [0.2, 0.25) is 0 Å². The zero-order valence-electron chi connectivity index (χ0n) is 16.7. The minimum Gasteiger partial charge on any atom is -0.443 e. The third-order valence-corrected chi connectivity index (χ3v) is 4.91. The molecule has 0 spiro atoms. The first-order chi connectivity index (χ1) is 15.7. The molecule has 0 fully saturated rings. The summed E-state index contributed by atoms with van der Waals surface area (Å²) in [4.78, 5) is 33.3. The lowest BCUT2D eigenvalue weighted by atomic mass is 10.1. The van der Waals surface area contributed by atoms with E-state index in [1.54, 1.807) is 5.38 Å². The number of amides is 1. The summed E-state index contributed by atoms with van der Waals surface area (Å²) < 4.78 is 46.6. The number of nitrogens with zero attached hydrogens (tertiary/aromatic N) is 5. The van der Waals surface area contributed by atoms with Crippen LogP contribution in [0.1, 0.15) is 32.9 Å². The van der Waals surface area contributed by atoms with Crippen LogP contribution in [0.25, 0.3) is 11.3 Å². The van der Waals surface area contributed by atoms with E-state index >= 15 is 0 Å². The number of carbonyl (C=O) groups excluding carboxylic acids is 2. The Bertz CT molecular complexity index is 1310. The van der Waals surface area contributed by atoms with Gasteiger partial charge in [0.25, 0.3) is 5.91 Å². The van der Waals surface area contributed by atoms with Crippen molar-refractivity contribution in [3.63, 3.8) is 0 Å². The SMILES string of the molecule is CC(=O)c1csc(Cn2ncc(NC(=O)c3ncoc3-c3cccc(OC(F)(F)F)c3)n2)n1. The first-order valence-electron chi connectivity index (χ1n) is 9.14. The number of ether oxygens (including phenoxy) is 1. The smallest absolute Gasteiger partial charge is 0.443 e. The van der Waals surface area contributed by atoms with Crippen LogP contribution in [-0.2, 0) is 6.54 Å². The lowest BCUT2D eigenvalue weighted by Crippen LogP contribution is -2.17. The van der Waals surface area contributed by atoms with Crippen LogP contribution in [-0.4, -0.2) is 43.0 Å². The van der Waals surface area contributed by atoms with Crippen molar-refractivity contribution in [1.82, 2.24) is 25.0 Å². The van der Waals surface area contributed by atoms with Crippen molar-refractivity contribution in [1.29, 1.82) is 0 Å². The molecule has 1 aromatic carbocycles. The summed E-state index contributed by atoms with van der Waals surface area (Å²) in [6, 6.07) is 4.96. The molecule has 3 aromatic heterocycles. The van der Waals surface area contributed by atoms with Gasteiger partial charge in [-0.2, -0.15) is 9.90 Å². The number of aromatic nitrogens is 5. The topological polar surface area (TPSA) is 125 Å². The summed E-state index contributed by atoms with van der Waals surface area (Å²) in [5.41, 5.74) is 0.340. The lowest BCUT2D eigenvalue weighted by molar-refractivity contribution is -0.274. The molecule has 0 atom stereocenters. The molecule has 3 heterocycles. The molecule has 0 aliphatic rings. The van der Waals surface area contributed by atoms with Crippen molar-refractivity contribution < 1.29 is 31.9 Å². The van der Waals surface area contributed by atoms with Crippen LogP contribution >= 0.6 is 11.3 Å². The summed E-state index contributed by atoms with van der Waals surface area (Å²) in [5, 5.41) is 12.9. The molecule has 0 unspecified atom stereocenters. The van der Waals surface area contributed by atoms with E-state index in [4.69, 9.17) is 4.42 Å². The molecule has 4 rings (SSSR count). The number of ketones is 1. The van der Waals surface area contributed by atoms with Crippen LogP contribution in [0.5, 0.6) is 5.75 Å². The Hall–Kier alpha value is -4.07. The van der Waals surface area contributed by atoms with Crippen molar-refractivity contribution in [2.75, 3.05) is 5.32 Å². The maximum absolute atomic E-state index is 12.7. The number of oxazole rings is 1. The Morgan fingerprint density at radius 1 is 1.30 bits per heavy atom. The Morgan fingerprint density at radius 2 is 2.12 bits per heavy atom. The summed E-state index contributed by atoms with van der Waals surface area (Å²) in [6.45, 7) is 1.60. The van der Waals surface area contributed by atoms with E-state index in [0.717, 1.165) is 18.5 Å². The molecule has 170 valence electrons. The number of thiazole rings is 1. The van der Waals surface area contributed by atoms with Crippen LogP contribution in [0.2, 0.25) is 0 Å². The molecule has 10 nitrogen and oxygen atoms in total. The monoisotopic (exact) mass is 478 g/mol. The van der Waals surface area contributed by atoms with Crippen molar-refractivity contribution in [3.05, 3.63) is 58.6 Å². The number of carbonyl (C=O) groups is 2. The number of hydrogen-bond donors (Lipinski definition) is 1. The van der Waals surface area contributed by atoms with Gasteiger partial charge in [-0.3, -0.25) is 9.59 Å². The molecule has 1 N–H and O–H groups in total. The number of halogens is 3. The molecule has 14 heteroatoms. The van der Waals surface area contributed by atoms with Crippen LogP contribution in [0.4, 0.5) is 19.0 Å². The Kier molecular flexibility index (Phi) is 5.91. The molecular weight excluding hydrogens is 465 g/mol. The number of anilines is 1. The third kappa shape index (κ3) is 5.41. The second-order valence-electron chi connectivity index (χ2n) is 6.50. The average molecular weight is 478 g/mol. The molecule has 4 aromatic rings. The maximum atomic E-state index is 12.7. The highest BCUT2D eigenvalue weighted by atomic mass is 32.1. The van der Waals surface area contributed by atoms with Crippen LogP contribution in [0.3, 0.4) is 0 Å². The van der Waals surface area contributed by atoms with Crippen molar-refractivity contribution in [2.24, 2.45) is 0 Å². The second kappa shape index (κ2) is 8.82. The number of hydrogen-bond acceptors (Lipinski definition) is 9. The summed E-state index contributed by atoms with van der Waals surface area (Å²) >= 11 is 1.27. The van der Waals surface area contributed by atoms with Gasteiger partial charge < -0.3 is 14.5 Å². The normalized spacial score (nSPS) is 11.4. The van der Waals surface area contributed by atoms with Gasteiger partial charge in [-0.15, -0.1) is 29.6 Å². The van der Waals surface area contributed by atoms with Gasteiger partial charge in [0, 0.05) is 17.9 Å². The second-order valence-corrected chi connectivity index (χ2v) is 7.45. The number of rotatable bonds is 7. The highest BCUT2D eigenvalue weighted by molar-refractivity contribution is 7.09. The summed E-state index contributed by atoms with van der Waals surface area (Å²) in [7, 11) is 0. The molecular formula is C19H13F3N6O4S. The third-order valence-electron chi connectivity index (χ3n) is 4.08. The predicted molar refractivity (Wildman–Crippen MR) is 108 cm³/mol. The molecule has 0 saturated heterocycles. The van der Waals surface area contributed by atoms with E-state index < -0.39 is 18.0 Å². The van der Waals surface area contributed by atoms with E-state index in [0.29, 0.717) is 10.7 Å². The van der Waals surface area contributed by atoms with E-state index in [1.807, 2.05) is 0 Å². The highest BCUT2D eigenvalue weighted by Crippen LogP contribution is 2.30. The summed E-state index contributed by atoms with van der Waals surface area (Å²) in [5.74, 6) is -1.28. The van der Waals surface area contributed by atoms with Gasteiger partial charge in [0.05, 0.1) is 6.20 Å². The first-order valence-corrected chi connectivity index (χ1v) is 10.0. The molecule has 0 radical (unpaired) electrons. The number of alkyl halides is 3. The fourth-order valence-electron chi connectivity index (χ4n) is 2.72. The standard InChI is InChI=1S/C19H13F3N6O4S/c1-10(29)13-8-33-15(25-13)7-28-24-6-14(27-28)26-18(30)16-17(31-9-23-16)11-3-2-4-12(5-11)32-19(20,21)22/h2-6,8-9H,7H2,1H3,(H,26,27,30). The Labute approximate surface area is 187 Å². The van der Waals surface area contributed by atoms with Crippen molar-refractivity contribution >= 4 is 28.8 Å². The number of benzene rings is 1. The minimum absolute atomic E-state index is 0.0490. The fourth-order valence-corrected chi connectivity index (χ4v) is 3.53. The van der Waals surface area contributed by atoms with E-state index in [1.165, 1.54) is 41.4 Å². The van der Waals surface area contributed by atoms with Crippen LogP contribution in [0.15, 0.2) is 46.7 Å². The average Bonchev–Trinajstić information content (AvgIpc) is 3.48. The zero-order valence-corrected chi connectivity index (χ0v) is 17.5. The quantitative estimate of drug-likeness (QED) is 0.398. The van der Waals surface area contributed by atoms with Crippen LogP contribution < -0.4 is 10.1 Å². The van der Waals surface area contributed by atoms with Gasteiger partial charge >= 0.3 is 6.36 Å².